The van der Waals surface area contributed by atoms with Gasteiger partial charge in [-0.1, -0.05) is 49.1 Å². The lowest BCUT2D eigenvalue weighted by Crippen LogP contribution is -2.33. The fourth-order valence-corrected chi connectivity index (χ4v) is 5.42. The molecule has 2 aliphatic rings. The minimum atomic E-state index is -1.83. The molecule has 1 aliphatic heterocycles. The molecule has 1 atom stereocenters. The molecule has 0 radical (unpaired) electrons. The van der Waals surface area contributed by atoms with E-state index in [0.29, 0.717) is 30.3 Å². The number of hydrogen-bond acceptors (Lipinski definition) is 6. The Morgan fingerprint density at radius 3 is 2.25 bits per heavy atom. The van der Waals surface area contributed by atoms with Crippen molar-refractivity contribution in [3.05, 3.63) is 58.6 Å². The van der Waals surface area contributed by atoms with E-state index in [-0.39, 0.29) is 31.0 Å². The number of nitrogens with zero attached hydrogens (tertiary/aromatic N) is 2. The van der Waals surface area contributed by atoms with Crippen molar-refractivity contribution in [2.75, 3.05) is 26.8 Å². The van der Waals surface area contributed by atoms with Crippen LogP contribution in [0.15, 0.2) is 42.5 Å². The van der Waals surface area contributed by atoms with Crippen molar-refractivity contribution in [2.45, 2.75) is 64.5 Å². The maximum Gasteiger partial charge on any atom is 0.503 e. The molecule has 0 unspecified atom stereocenters. The Hall–Kier alpha value is -3.30. The highest BCUT2D eigenvalue weighted by Gasteiger charge is 2.28. The highest BCUT2D eigenvalue weighted by atomic mass is 35.5. The van der Waals surface area contributed by atoms with Crippen LogP contribution in [0, 0.1) is 5.92 Å². The summed E-state index contributed by atoms with van der Waals surface area (Å²) in [6, 6.07) is 14.4. The molecular weight excluding hydrogens is 536 g/mol. The molecule has 218 valence electrons. The normalized spacial score (nSPS) is 16.4. The zero-order chi connectivity index (χ0) is 29.1. The first-order valence-corrected chi connectivity index (χ1v) is 14.1. The van der Waals surface area contributed by atoms with Gasteiger partial charge in [0.05, 0.1) is 13.7 Å². The number of halogens is 1. The van der Waals surface area contributed by atoms with Gasteiger partial charge in [-0.15, -0.1) is 0 Å². The van der Waals surface area contributed by atoms with Gasteiger partial charge in [0.15, 0.2) is 11.5 Å². The topological polar surface area (TPSA) is 117 Å². The lowest BCUT2D eigenvalue weighted by molar-refractivity contribution is -0.138. The van der Waals surface area contributed by atoms with Crippen LogP contribution < -0.4 is 9.47 Å². The van der Waals surface area contributed by atoms with Gasteiger partial charge < -0.3 is 19.7 Å². The molecular formula is C30H39ClN2O7. The molecule has 10 heteroatoms. The summed E-state index contributed by atoms with van der Waals surface area (Å²) in [6.07, 6.45) is 5.34. The van der Waals surface area contributed by atoms with Gasteiger partial charge in [-0.3, -0.25) is 19.4 Å². The van der Waals surface area contributed by atoms with Crippen molar-refractivity contribution in [3.8, 4) is 11.5 Å². The molecule has 2 aromatic carbocycles. The summed E-state index contributed by atoms with van der Waals surface area (Å²) in [5, 5.41) is 14.7. The predicted molar refractivity (Wildman–Crippen MR) is 152 cm³/mol. The van der Waals surface area contributed by atoms with Gasteiger partial charge in [-0.2, -0.15) is 0 Å². The number of amides is 2. The Kier molecular flexibility index (Phi) is 12.1. The number of carbonyl (C=O) groups is 3. The zero-order valence-corrected chi connectivity index (χ0v) is 23.9. The minimum Gasteiger partial charge on any atom is -0.493 e. The number of rotatable bonds is 11. The van der Waals surface area contributed by atoms with Gasteiger partial charge in [0, 0.05) is 37.0 Å². The number of methoxy groups -OCH3 is 1. The number of imide groups is 1. The van der Waals surface area contributed by atoms with Crippen LogP contribution in [-0.4, -0.2) is 64.8 Å². The second-order valence-electron chi connectivity index (χ2n) is 10.2. The van der Waals surface area contributed by atoms with Gasteiger partial charge >= 0.3 is 6.16 Å². The van der Waals surface area contributed by atoms with Crippen molar-refractivity contribution in [3.63, 3.8) is 0 Å². The van der Waals surface area contributed by atoms with E-state index in [1.54, 1.807) is 7.11 Å². The molecule has 0 bridgehead atoms. The second kappa shape index (κ2) is 15.5. The Morgan fingerprint density at radius 2 is 1.65 bits per heavy atom. The fraction of sp³-hybridized carbons (Fsp3) is 0.500. The SMILES string of the molecule is COc1cc(CN(CC2CCCCC2)[C@@H](C)c2ccc(Cl)cc2)ccc1OCCN1C(=O)CCC1=O.O=C(O)O. The molecule has 4 rings (SSSR count). The smallest absolute Gasteiger partial charge is 0.493 e. The molecule has 2 aromatic rings. The van der Waals surface area contributed by atoms with E-state index in [2.05, 4.69) is 30.0 Å². The largest absolute Gasteiger partial charge is 0.503 e. The van der Waals surface area contributed by atoms with Crippen LogP contribution in [-0.2, 0) is 16.1 Å². The van der Waals surface area contributed by atoms with Gasteiger partial charge in [0.1, 0.15) is 6.61 Å². The van der Waals surface area contributed by atoms with E-state index in [4.69, 9.17) is 36.1 Å². The molecule has 2 fully saturated rings. The summed E-state index contributed by atoms with van der Waals surface area (Å²) in [5.74, 6) is 1.74. The molecule has 1 heterocycles. The molecule has 0 aromatic heterocycles. The number of benzene rings is 2. The van der Waals surface area contributed by atoms with Crippen LogP contribution in [0.4, 0.5) is 4.79 Å². The third-order valence-corrected chi connectivity index (χ3v) is 7.71. The van der Waals surface area contributed by atoms with Crippen LogP contribution in [0.25, 0.3) is 0 Å². The van der Waals surface area contributed by atoms with Crippen molar-refractivity contribution in [1.82, 2.24) is 9.80 Å². The van der Waals surface area contributed by atoms with Crippen LogP contribution in [0.5, 0.6) is 11.5 Å². The standard InChI is InChI=1S/C29H37ClN2O4.CH2O3/c1-21(24-9-11-25(30)12-10-24)31(19-22-6-4-3-5-7-22)20-23-8-13-26(27(18-23)35-2)36-17-16-32-28(33)14-15-29(32)34;2-1(3)4/h8-13,18,21-22H,3-7,14-17,19-20H2,1-2H3;(H2,2,3,4)/t21-;/m0./s1. The number of carboxylic acid groups (broad SMARTS) is 2. The van der Waals surface area contributed by atoms with Gasteiger partial charge in [-0.05, 0) is 61.1 Å². The van der Waals surface area contributed by atoms with E-state index < -0.39 is 6.16 Å². The highest BCUT2D eigenvalue weighted by molar-refractivity contribution is 6.30. The van der Waals surface area contributed by atoms with E-state index >= 15 is 0 Å². The van der Waals surface area contributed by atoms with Crippen LogP contribution in [0.3, 0.4) is 0 Å². The molecule has 2 amide bonds. The number of ether oxygens (including phenoxy) is 2. The van der Waals surface area contributed by atoms with E-state index in [0.717, 1.165) is 23.7 Å². The first-order valence-electron chi connectivity index (χ1n) is 13.7. The van der Waals surface area contributed by atoms with Crippen molar-refractivity contribution in [1.29, 1.82) is 0 Å². The first kappa shape index (κ1) is 31.2. The number of hydrogen-bond donors (Lipinski definition) is 2. The van der Waals surface area contributed by atoms with Crippen LogP contribution >= 0.6 is 11.6 Å². The molecule has 0 spiro atoms. The average molecular weight is 575 g/mol. The zero-order valence-electron chi connectivity index (χ0n) is 23.2. The fourth-order valence-electron chi connectivity index (χ4n) is 5.30. The van der Waals surface area contributed by atoms with Crippen molar-refractivity contribution >= 4 is 29.6 Å². The number of carbonyl (C=O) groups excluding carboxylic acids is 2. The molecule has 1 aliphatic carbocycles. The maximum atomic E-state index is 11.8. The Bertz CT molecular complexity index is 1120. The van der Waals surface area contributed by atoms with Crippen LogP contribution in [0.2, 0.25) is 5.02 Å². The van der Waals surface area contributed by atoms with Crippen LogP contribution in [0.1, 0.15) is 69.0 Å². The Morgan fingerprint density at radius 1 is 1.02 bits per heavy atom. The number of likely N-dealkylation sites (tertiary alicyclic amines) is 1. The molecule has 9 nitrogen and oxygen atoms in total. The molecule has 1 saturated carbocycles. The van der Waals surface area contributed by atoms with Gasteiger partial charge in [0.25, 0.3) is 0 Å². The predicted octanol–water partition coefficient (Wildman–Crippen LogP) is 6.24. The quantitative estimate of drug-likeness (QED) is 0.303. The summed E-state index contributed by atoms with van der Waals surface area (Å²) >= 11 is 6.14. The van der Waals surface area contributed by atoms with Gasteiger partial charge in [0.2, 0.25) is 11.8 Å². The summed E-state index contributed by atoms with van der Waals surface area (Å²) < 4.78 is 11.5. The first-order chi connectivity index (χ1) is 19.2. The van der Waals surface area contributed by atoms with E-state index in [1.807, 2.05) is 24.3 Å². The molecule has 2 N–H and O–H groups in total. The third kappa shape index (κ3) is 9.41. The summed E-state index contributed by atoms with van der Waals surface area (Å²) in [5.41, 5.74) is 2.41. The summed E-state index contributed by atoms with van der Waals surface area (Å²) in [6.45, 7) is 4.63. The Balaban J connectivity index is 0.00000103. The average Bonchev–Trinajstić information content (AvgIpc) is 3.26. The van der Waals surface area contributed by atoms with Crippen molar-refractivity contribution in [2.24, 2.45) is 5.92 Å². The lowest BCUT2D eigenvalue weighted by Gasteiger charge is -2.34. The Labute approximate surface area is 240 Å². The van der Waals surface area contributed by atoms with E-state index in [9.17, 15) is 9.59 Å². The monoisotopic (exact) mass is 574 g/mol. The molecule has 1 saturated heterocycles. The third-order valence-electron chi connectivity index (χ3n) is 7.46. The second-order valence-corrected chi connectivity index (χ2v) is 10.7. The van der Waals surface area contributed by atoms with E-state index in [1.165, 1.54) is 42.6 Å². The maximum absolute atomic E-state index is 11.8. The summed E-state index contributed by atoms with van der Waals surface area (Å²) in [4.78, 5) is 36.0. The molecule has 40 heavy (non-hydrogen) atoms. The summed E-state index contributed by atoms with van der Waals surface area (Å²) in [7, 11) is 1.63. The van der Waals surface area contributed by atoms with Crippen molar-refractivity contribution < 1.29 is 34.1 Å². The van der Waals surface area contributed by atoms with Gasteiger partial charge in [-0.25, -0.2) is 4.79 Å². The minimum absolute atomic E-state index is 0.126. The highest BCUT2D eigenvalue weighted by Crippen LogP contribution is 2.33. The lowest BCUT2D eigenvalue weighted by atomic mass is 9.88.